The van der Waals surface area contributed by atoms with Crippen LogP contribution in [0.5, 0.6) is 0 Å². The Kier molecular flexibility index (Phi) is 5.44. The number of nitro groups is 1. The second-order valence-corrected chi connectivity index (χ2v) is 5.95. The van der Waals surface area contributed by atoms with Crippen LogP contribution in [0.15, 0.2) is 23.1 Å². The minimum absolute atomic E-state index is 0.0234. The second-order valence-electron chi connectivity index (χ2n) is 5.95. The average Bonchev–Trinajstić information content (AvgIpc) is 2.70. The molecule has 13 heteroatoms. The predicted octanol–water partition coefficient (Wildman–Crippen LogP) is 3.91. The van der Waals surface area contributed by atoms with E-state index in [1.807, 2.05) is 0 Å². The van der Waals surface area contributed by atoms with E-state index in [9.17, 15) is 46.0 Å². The number of pyridine rings is 1. The normalized spacial score (nSPS) is 11.1. The lowest BCUT2D eigenvalue weighted by molar-refractivity contribution is -0.387. The summed E-state index contributed by atoms with van der Waals surface area (Å²) in [5, 5.41) is 9.49. The zero-order chi connectivity index (χ0) is 23.2. The monoisotopic (exact) mass is 446 g/mol. The Morgan fingerprint density at radius 1 is 1.03 bits per heavy atom. The lowest BCUT2D eigenvalue weighted by atomic mass is 10.1. The fourth-order valence-electron chi connectivity index (χ4n) is 2.84. The first-order valence-corrected chi connectivity index (χ1v) is 8.23. The van der Waals surface area contributed by atoms with E-state index in [1.54, 1.807) is 0 Å². The molecule has 0 atom stereocenters. The van der Waals surface area contributed by atoms with E-state index in [0.29, 0.717) is 6.20 Å². The zero-order valence-electron chi connectivity index (χ0n) is 15.1. The van der Waals surface area contributed by atoms with Gasteiger partial charge in [0.1, 0.15) is 5.56 Å². The molecule has 3 aromatic rings. The van der Waals surface area contributed by atoms with Crippen molar-refractivity contribution >= 4 is 22.6 Å². The molecule has 1 heterocycles. The van der Waals surface area contributed by atoms with Gasteiger partial charge in [0.2, 0.25) is 11.2 Å². The summed E-state index contributed by atoms with van der Waals surface area (Å²) in [6, 6.07) is 0.262. The number of benzene rings is 2. The minimum Gasteiger partial charge on any atom is -0.462 e. The molecule has 0 unspecified atom stereocenters. The van der Waals surface area contributed by atoms with E-state index in [4.69, 9.17) is 0 Å². The largest absolute Gasteiger partial charge is 0.462 e. The van der Waals surface area contributed by atoms with Crippen molar-refractivity contribution in [2.24, 2.45) is 0 Å². The van der Waals surface area contributed by atoms with Gasteiger partial charge in [0, 0.05) is 18.3 Å². The predicted molar refractivity (Wildman–Crippen MR) is 91.9 cm³/mol. The maximum Gasteiger partial charge on any atom is 0.343 e. The Hall–Kier alpha value is -3.90. The van der Waals surface area contributed by atoms with Gasteiger partial charge < -0.3 is 9.30 Å². The molecular weight excluding hydrogens is 438 g/mol. The summed E-state index contributed by atoms with van der Waals surface area (Å²) in [5.74, 6) is -13.8. The molecule has 162 valence electrons. The maximum absolute atomic E-state index is 14.5. The standard InChI is InChI=1S/C18H8F6N2O5/c1-2-31-18(28)6-5-25(9-4-10(26(29)30)8(20)3-7(9)19)16-11(17(6)27)12(21)13(22)14(23)15(16)24/h3-5H,2H2,1H3. The molecule has 0 aliphatic rings. The van der Waals surface area contributed by atoms with Crippen LogP contribution in [0.4, 0.5) is 32.0 Å². The van der Waals surface area contributed by atoms with Crippen LogP contribution < -0.4 is 5.43 Å². The molecule has 0 aliphatic heterocycles. The smallest absolute Gasteiger partial charge is 0.343 e. The Labute approximate surface area is 167 Å². The Morgan fingerprint density at radius 2 is 1.65 bits per heavy atom. The van der Waals surface area contributed by atoms with Gasteiger partial charge in [-0.25, -0.2) is 26.7 Å². The quantitative estimate of drug-likeness (QED) is 0.151. The number of ether oxygens (including phenoxy) is 1. The van der Waals surface area contributed by atoms with Crippen molar-refractivity contribution in [1.29, 1.82) is 0 Å². The molecule has 0 fully saturated rings. The molecular formula is C18H8F6N2O5. The molecule has 1 aromatic heterocycles. The van der Waals surface area contributed by atoms with Gasteiger partial charge in [-0.1, -0.05) is 0 Å². The van der Waals surface area contributed by atoms with Crippen LogP contribution in [0, 0.1) is 45.0 Å². The van der Waals surface area contributed by atoms with Crippen molar-refractivity contribution < 1.29 is 40.8 Å². The number of fused-ring (bicyclic) bond motifs is 1. The van der Waals surface area contributed by atoms with Crippen LogP contribution in [0.3, 0.4) is 0 Å². The number of nitro benzene ring substituents is 1. The van der Waals surface area contributed by atoms with Crippen molar-refractivity contribution in [2.45, 2.75) is 6.92 Å². The zero-order valence-corrected chi connectivity index (χ0v) is 15.1. The molecule has 3 rings (SSSR count). The SMILES string of the molecule is CCOC(=O)c1cn(-c2cc([N+](=O)[O-])c(F)cc2F)c2c(F)c(F)c(F)c(F)c2c1=O. The fraction of sp³-hybridized carbons (Fsp3) is 0.111. The number of hydrogen-bond acceptors (Lipinski definition) is 5. The molecule has 0 bridgehead atoms. The summed E-state index contributed by atoms with van der Waals surface area (Å²) < 4.78 is 89.4. The van der Waals surface area contributed by atoms with Gasteiger partial charge in [-0.3, -0.25) is 14.9 Å². The maximum atomic E-state index is 14.5. The van der Waals surface area contributed by atoms with Gasteiger partial charge in [0.05, 0.1) is 28.1 Å². The van der Waals surface area contributed by atoms with Crippen molar-refractivity contribution in [3.63, 3.8) is 0 Å². The number of aromatic nitrogens is 1. The van der Waals surface area contributed by atoms with E-state index in [2.05, 4.69) is 4.74 Å². The molecule has 2 aromatic carbocycles. The van der Waals surface area contributed by atoms with Gasteiger partial charge in [0.15, 0.2) is 29.1 Å². The van der Waals surface area contributed by atoms with Gasteiger partial charge in [-0.05, 0) is 6.92 Å². The molecule has 7 nitrogen and oxygen atoms in total. The molecule has 0 saturated carbocycles. The molecule has 31 heavy (non-hydrogen) atoms. The number of nitrogens with zero attached hydrogens (tertiary/aromatic N) is 2. The van der Waals surface area contributed by atoms with Gasteiger partial charge in [-0.15, -0.1) is 0 Å². The average molecular weight is 446 g/mol. The summed E-state index contributed by atoms with van der Waals surface area (Å²) in [5.41, 5.74) is -6.42. The van der Waals surface area contributed by atoms with Crippen LogP contribution in [0.2, 0.25) is 0 Å². The second kappa shape index (κ2) is 7.74. The number of esters is 1. The van der Waals surface area contributed by atoms with E-state index in [0.717, 1.165) is 0 Å². The summed E-state index contributed by atoms with van der Waals surface area (Å²) in [7, 11) is 0. The highest BCUT2D eigenvalue weighted by Crippen LogP contribution is 2.31. The van der Waals surface area contributed by atoms with E-state index < -0.39 is 79.1 Å². The first-order chi connectivity index (χ1) is 14.5. The first kappa shape index (κ1) is 21.8. The van der Waals surface area contributed by atoms with Crippen molar-refractivity contribution in [2.75, 3.05) is 6.61 Å². The molecule has 0 saturated heterocycles. The highest BCUT2D eigenvalue weighted by molar-refractivity contribution is 5.94. The third-order valence-electron chi connectivity index (χ3n) is 4.18. The highest BCUT2D eigenvalue weighted by Gasteiger charge is 2.30. The number of rotatable bonds is 4. The Morgan fingerprint density at radius 3 is 2.23 bits per heavy atom. The molecule has 0 radical (unpaired) electrons. The number of carbonyl (C=O) groups excluding carboxylic acids is 1. The number of carbonyl (C=O) groups is 1. The minimum atomic E-state index is -2.39. The molecule has 0 amide bonds. The highest BCUT2D eigenvalue weighted by atomic mass is 19.2. The summed E-state index contributed by atoms with van der Waals surface area (Å²) in [6.45, 7) is 1.04. The molecule has 0 spiro atoms. The van der Waals surface area contributed by atoms with Gasteiger partial charge in [-0.2, -0.15) is 4.39 Å². The van der Waals surface area contributed by atoms with E-state index in [-0.39, 0.29) is 23.3 Å². The fourth-order valence-corrected chi connectivity index (χ4v) is 2.84. The molecule has 0 N–H and O–H groups in total. The summed E-state index contributed by atoms with van der Waals surface area (Å²) >= 11 is 0. The third-order valence-corrected chi connectivity index (χ3v) is 4.18. The topological polar surface area (TPSA) is 91.4 Å². The lowest BCUT2D eigenvalue weighted by Crippen LogP contribution is -2.23. The van der Waals surface area contributed by atoms with Crippen LogP contribution in [0.25, 0.3) is 16.6 Å². The van der Waals surface area contributed by atoms with Crippen LogP contribution in [-0.4, -0.2) is 22.1 Å². The van der Waals surface area contributed by atoms with Crippen molar-refractivity contribution in [3.05, 3.63) is 79.1 Å². The van der Waals surface area contributed by atoms with Gasteiger partial charge >= 0.3 is 11.7 Å². The van der Waals surface area contributed by atoms with Gasteiger partial charge in [0.25, 0.3) is 0 Å². The Balaban J connectivity index is 2.60. The number of halogens is 6. The van der Waals surface area contributed by atoms with Crippen LogP contribution >= 0.6 is 0 Å². The summed E-state index contributed by atoms with van der Waals surface area (Å²) in [4.78, 5) is 34.3. The third kappa shape index (κ3) is 3.37. The molecule has 0 aliphatic carbocycles. The van der Waals surface area contributed by atoms with Crippen LogP contribution in [-0.2, 0) is 4.74 Å². The lowest BCUT2D eigenvalue weighted by Gasteiger charge is -2.16. The van der Waals surface area contributed by atoms with Crippen molar-refractivity contribution in [1.82, 2.24) is 4.57 Å². The van der Waals surface area contributed by atoms with E-state index >= 15 is 0 Å². The first-order valence-electron chi connectivity index (χ1n) is 8.23. The van der Waals surface area contributed by atoms with E-state index in [1.165, 1.54) is 6.92 Å². The van der Waals surface area contributed by atoms with Crippen LogP contribution in [0.1, 0.15) is 17.3 Å². The number of hydrogen-bond donors (Lipinski definition) is 0. The van der Waals surface area contributed by atoms with Crippen molar-refractivity contribution in [3.8, 4) is 5.69 Å². The summed E-state index contributed by atoms with van der Waals surface area (Å²) in [6.07, 6.45) is 0.391. The Bertz CT molecular complexity index is 1340.